The summed E-state index contributed by atoms with van der Waals surface area (Å²) in [6, 6.07) is 0.657. The van der Waals surface area contributed by atoms with Crippen molar-refractivity contribution in [1.29, 1.82) is 0 Å². The van der Waals surface area contributed by atoms with Gasteiger partial charge in [0.2, 0.25) is 0 Å². The molecule has 2 heteroatoms. The van der Waals surface area contributed by atoms with Crippen LogP contribution in [0.3, 0.4) is 0 Å². The van der Waals surface area contributed by atoms with Crippen LogP contribution in [0.2, 0.25) is 0 Å². The lowest BCUT2D eigenvalue weighted by Crippen LogP contribution is -2.38. The molecule has 1 aliphatic heterocycles. The molecule has 0 unspecified atom stereocenters. The van der Waals surface area contributed by atoms with Crippen LogP contribution in [0, 0.1) is 5.92 Å². The summed E-state index contributed by atoms with van der Waals surface area (Å²) in [4.78, 5) is 0. The summed E-state index contributed by atoms with van der Waals surface area (Å²) in [6.45, 7) is 8.79. The predicted octanol–water partition coefficient (Wildman–Crippen LogP) is 2.19. The van der Waals surface area contributed by atoms with Crippen LogP contribution in [0.5, 0.6) is 0 Å². The van der Waals surface area contributed by atoms with Crippen LogP contribution in [-0.2, 0) is 4.74 Å². The number of ether oxygens (including phenoxy) is 1. The third-order valence-electron chi connectivity index (χ3n) is 2.88. The molecule has 1 heterocycles. The Labute approximate surface area is 82.0 Å². The van der Waals surface area contributed by atoms with Crippen LogP contribution in [0.1, 0.15) is 40.0 Å². The first kappa shape index (κ1) is 11.0. The molecule has 0 aliphatic carbocycles. The smallest absolute Gasteiger partial charge is 0.0700 e. The second-order valence-electron chi connectivity index (χ2n) is 4.30. The van der Waals surface area contributed by atoms with Crippen molar-refractivity contribution in [3.8, 4) is 0 Å². The Morgan fingerprint density at radius 3 is 2.69 bits per heavy atom. The largest absolute Gasteiger partial charge is 0.377 e. The van der Waals surface area contributed by atoms with Crippen molar-refractivity contribution in [3.05, 3.63) is 0 Å². The van der Waals surface area contributed by atoms with Crippen molar-refractivity contribution in [2.24, 2.45) is 5.92 Å². The fourth-order valence-electron chi connectivity index (χ4n) is 1.94. The second-order valence-corrected chi connectivity index (χ2v) is 4.30. The Balaban J connectivity index is 2.15. The molecule has 0 aromatic carbocycles. The van der Waals surface area contributed by atoms with Crippen LogP contribution in [-0.4, -0.2) is 25.3 Å². The Kier molecular flexibility index (Phi) is 4.74. The van der Waals surface area contributed by atoms with E-state index in [-0.39, 0.29) is 0 Å². The molecule has 0 aromatic rings. The number of nitrogens with one attached hydrogen (secondary N) is 1. The molecule has 0 aromatic heterocycles. The highest BCUT2D eigenvalue weighted by atomic mass is 16.5. The molecule has 0 bridgehead atoms. The minimum atomic E-state index is 0.479. The zero-order chi connectivity index (χ0) is 9.68. The van der Waals surface area contributed by atoms with E-state index in [2.05, 4.69) is 26.1 Å². The van der Waals surface area contributed by atoms with Gasteiger partial charge < -0.3 is 10.1 Å². The normalized spacial score (nSPS) is 25.4. The molecule has 1 aliphatic rings. The molecule has 1 N–H and O–H groups in total. The Hall–Kier alpha value is -0.0800. The minimum Gasteiger partial charge on any atom is -0.377 e. The minimum absolute atomic E-state index is 0.479. The van der Waals surface area contributed by atoms with Crippen molar-refractivity contribution in [3.63, 3.8) is 0 Å². The van der Waals surface area contributed by atoms with Crippen LogP contribution in [0.4, 0.5) is 0 Å². The fraction of sp³-hybridized carbons (Fsp3) is 1.00. The molecule has 0 radical (unpaired) electrons. The first-order valence-electron chi connectivity index (χ1n) is 5.59. The first-order valence-corrected chi connectivity index (χ1v) is 5.59. The molecule has 2 nitrogen and oxygen atoms in total. The summed E-state index contributed by atoms with van der Waals surface area (Å²) in [6.07, 6.45) is 4.17. The fourth-order valence-corrected chi connectivity index (χ4v) is 1.94. The summed E-state index contributed by atoms with van der Waals surface area (Å²) in [5.41, 5.74) is 0. The highest BCUT2D eigenvalue weighted by Crippen LogP contribution is 2.12. The number of hydrogen-bond acceptors (Lipinski definition) is 2. The van der Waals surface area contributed by atoms with Crippen molar-refractivity contribution < 1.29 is 4.74 Å². The van der Waals surface area contributed by atoms with Gasteiger partial charge in [0.05, 0.1) is 6.10 Å². The van der Waals surface area contributed by atoms with Gasteiger partial charge in [-0.15, -0.1) is 0 Å². The van der Waals surface area contributed by atoms with Crippen molar-refractivity contribution in [1.82, 2.24) is 5.32 Å². The second kappa shape index (κ2) is 5.61. The number of hydrogen-bond donors (Lipinski definition) is 1. The topological polar surface area (TPSA) is 21.3 Å². The summed E-state index contributed by atoms with van der Waals surface area (Å²) in [5.74, 6) is 0.728. The van der Waals surface area contributed by atoms with Gasteiger partial charge in [-0.1, -0.05) is 20.8 Å². The molecule has 13 heavy (non-hydrogen) atoms. The van der Waals surface area contributed by atoms with E-state index >= 15 is 0 Å². The summed E-state index contributed by atoms with van der Waals surface area (Å²) >= 11 is 0. The zero-order valence-corrected chi connectivity index (χ0v) is 9.18. The molecular formula is C11H23NO. The molecular weight excluding hydrogens is 162 g/mol. The predicted molar refractivity (Wildman–Crippen MR) is 55.9 cm³/mol. The standard InChI is InChI=1S/C11H23NO/c1-4-11(9(2)3)12-8-10-6-5-7-13-10/h9-12H,4-8H2,1-3H3/t10-,11-/m0/s1. The van der Waals surface area contributed by atoms with Crippen LogP contribution in [0.25, 0.3) is 0 Å². The van der Waals surface area contributed by atoms with E-state index in [0.717, 1.165) is 19.1 Å². The van der Waals surface area contributed by atoms with E-state index in [1.54, 1.807) is 0 Å². The number of rotatable bonds is 5. The molecule has 1 saturated heterocycles. The molecule has 0 saturated carbocycles. The van der Waals surface area contributed by atoms with E-state index in [9.17, 15) is 0 Å². The van der Waals surface area contributed by atoms with E-state index in [4.69, 9.17) is 4.74 Å². The lowest BCUT2D eigenvalue weighted by molar-refractivity contribution is 0.105. The average Bonchev–Trinajstić information content (AvgIpc) is 2.57. The van der Waals surface area contributed by atoms with Gasteiger partial charge in [-0.05, 0) is 25.2 Å². The SMILES string of the molecule is CC[C@H](NC[C@@H]1CCCO1)C(C)C. The van der Waals surface area contributed by atoms with Gasteiger partial charge in [-0.25, -0.2) is 0 Å². The lowest BCUT2D eigenvalue weighted by atomic mass is 10.0. The van der Waals surface area contributed by atoms with Gasteiger partial charge in [0.15, 0.2) is 0 Å². The van der Waals surface area contributed by atoms with Gasteiger partial charge in [0.25, 0.3) is 0 Å². The van der Waals surface area contributed by atoms with Crippen LogP contribution in [0.15, 0.2) is 0 Å². The van der Waals surface area contributed by atoms with Crippen molar-refractivity contribution in [2.45, 2.75) is 52.2 Å². The van der Waals surface area contributed by atoms with Gasteiger partial charge in [0.1, 0.15) is 0 Å². The Bertz CT molecular complexity index is 130. The van der Waals surface area contributed by atoms with E-state index in [0.29, 0.717) is 12.1 Å². The van der Waals surface area contributed by atoms with Gasteiger partial charge in [0, 0.05) is 19.2 Å². The van der Waals surface area contributed by atoms with E-state index in [1.165, 1.54) is 19.3 Å². The van der Waals surface area contributed by atoms with Crippen LogP contribution < -0.4 is 5.32 Å². The zero-order valence-electron chi connectivity index (χ0n) is 9.18. The van der Waals surface area contributed by atoms with Gasteiger partial charge in [-0.3, -0.25) is 0 Å². The van der Waals surface area contributed by atoms with E-state index in [1.807, 2.05) is 0 Å². The first-order chi connectivity index (χ1) is 6.24. The molecule has 1 rings (SSSR count). The maximum Gasteiger partial charge on any atom is 0.0700 e. The third kappa shape index (κ3) is 3.65. The van der Waals surface area contributed by atoms with E-state index < -0.39 is 0 Å². The third-order valence-corrected chi connectivity index (χ3v) is 2.88. The Morgan fingerprint density at radius 1 is 1.46 bits per heavy atom. The molecule has 0 amide bonds. The maximum atomic E-state index is 5.57. The van der Waals surface area contributed by atoms with Crippen molar-refractivity contribution >= 4 is 0 Å². The quantitative estimate of drug-likeness (QED) is 0.709. The summed E-state index contributed by atoms with van der Waals surface area (Å²) in [7, 11) is 0. The van der Waals surface area contributed by atoms with Gasteiger partial charge in [-0.2, -0.15) is 0 Å². The lowest BCUT2D eigenvalue weighted by Gasteiger charge is -2.22. The molecule has 1 fully saturated rings. The van der Waals surface area contributed by atoms with Crippen LogP contribution >= 0.6 is 0 Å². The summed E-state index contributed by atoms with van der Waals surface area (Å²) in [5, 5.41) is 3.59. The highest BCUT2D eigenvalue weighted by Gasteiger charge is 2.17. The molecule has 0 spiro atoms. The average molecular weight is 185 g/mol. The molecule has 78 valence electrons. The van der Waals surface area contributed by atoms with Crippen molar-refractivity contribution in [2.75, 3.05) is 13.2 Å². The monoisotopic (exact) mass is 185 g/mol. The maximum absolute atomic E-state index is 5.57. The van der Waals surface area contributed by atoms with Gasteiger partial charge >= 0.3 is 0 Å². The molecule has 2 atom stereocenters. The Morgan fingerprint density at radius 2 is 2.23 bits per heavy atom. The summed E-state index contributed by atoms with van der Waals surface area (Å²) < 4.78 is 5.57. The highest BCUT2D eigenvalue weighted by molar-refractivity contribution is 4.73.